The van der Waals surface area contributed by atoms with Gasteiger partial charge in [-0.3, -0.25) is 4.79 Å². The van der Waals surface area contributed by atoms with Gasteiger partial charge in [0.2, 0.25) is 0 Å². The number of rotatable bonds is 7. The van der Waals surface area contributed by atoms with Crippen molar-refractivity contribution in [3.8, 4) is 5.75 Å². The fourth-order valence-corrected chi connectivity index (χ4v) is 2.52. The summed E-state index contributed by atoms with van der Waals surface area (Å²) in [6.07, 6.45) is 0. The van der Waals surface area contributed by atoms with Crippen molar-refractivity contribution in [2.45, 2.75) is 13.2 Å². The van der Waals surface area contributed by atoms with E-state index >= 15 is 0 Å². The summed E-state index contributed by atoms with van der Waals surface area (Å²) in [5.41, 5.74) is 2.67. The smallest absolute Gasteiger partial charge is 0.291 e. The molecule has 0 spiro atoms. The number of amides is 1. The number of halogens is 1. The fourth-order valence-electron chi connectivity index (χ4n) is 2.38. The third-order valence-electron chi connectivity index (χ3n) is 3.68. The highest BCUT2D eigenvalue weighted by Gasteiger charge is 2.11. The molecule has 0 aliphatic heterocycles. The average molecular weight is 372 g/mol. The first-order chi connectivity index (χ1) is 12.6. The van der Waals surface area contributed by atoms with E-state index in [1.54, 1.807) is 13.2 Å². The molecule has 134 valence electrons. The Balaban J connectivity index is 1.54. The van der Waals surface area contributed by atoms with Crippen molar-refractivity contribution >= 4 is 23.2 Å². The summed E-state index contributed by atoms with van der Waals surface area (Å²) in [5, 5.41) is 2.95. The van der Waals surface area contributed by atoms with Gasteiger partial charge in [-0.1, -0.05) is 24.3 Å². The Morgan fingerprint density at radius 2 is 1.81 bits per heavy atom. The number of hydrogen-bond donors (Lipinski definition) is 1. The number of nitrogens with one attached hydrogen (secondary N) is 1. The molecule has 0 saturated carbocycles. The fraction of sp³-hybridized carbons (Fsp3) is 0.150. The van der Waals surface area contributed by atoms with Crippen molar-refractivity contribution in [1.29, 1.82) is 0 Å². The van der Waals surface area contributed by atoms with Gasteiger partial charge in [0.15, 0.2) is 11.0 Å². The van der Waals surface area contributed by atoms with Gasteiger partial charge in [0.25, 0.3) is 5.91 Å². The highest BCUT2D eigenvalue weighted by Crippen LogP contribution is 2.17. The van der Waals surface area contributed by atoms with Crippen molar-refractivity contribution in [2.24, 2.45) is 0 Å². The molecular formula is C20H18ClNO4. The van der Waals surface area contributed by atoms with E-state index in [1.165, 1.54) is 12.1 Å². The maximum atomic E-state index is 12.1. The minimum Gasteiger partial charge on any atom is -0.497 e. The van der Waals surface area contributed by atoms with Gasteiger partial charge in [0.1, 0.15) is 5.75 Å². The Hall–Kier alpha value is -2.76. The molecule has 26 heavy (non-hydrogen) atoms. The first-order valence-electron chi connectivity index (χ1n) is 8.00. The van der Waals surface area contributed by atoms with Crippen molar-refractivity contribution in [2.75, 3.05) is 12.4 Å². The van der Waals surface area contributed by atoms with Crippen molar-refractivity contribution in [1.82, 2.24) is 0 Å². The molecule has 0 radical (unpaired) electrons. The topological polar surface area (TPSA) is 60.7 Å². The molecule has 0 aliphatic carbocycles. The van der Waals surface area contributed by atoms with Crippen LogP contribution in [0.1, 0.15) is 21.7 Å². The average Bonchev–Trinajstić information content (AvgIpc) is 3.09. The molecule has 0 fully saturated rings. The first-order valence-corrected chi connectivity index (χ1v) is 8.38. The quantitative estimate of drug-likeness (QED) is 0.641. The number of hydrogen-bond acceptors (Lipinski definition) is 4. The molecular weight excluding hydrogens is 354 g/mol. The summed E-state index contributed by atoms with van der Waals surface area (Å²) >= 11 is 5.69. The SMILES string of the molecule is COc1ccc(COCc2cccc(NC(=O)c3ccc(Cl)o3)c2)cc1. The van der Waals surface area contributed by atoms with Crippen LogP contribution in [0.5, 0.6) is 5.75 Å². The molecule has 6 heteroatoms. The van der Waals surface area contributed by atoms with E-state index in [4.69, 9.17) is 25.5 Å². The van der Waals surface area contributed by atoms with Gasteiger partial charge in [-0.2, -0.15) is 0 Å². The highest BCUT2D eigenvalue weighted by molar-refractivity contribution is 6.29. The molecule has 0 bridgehead atoms. The summed E-state index contributed by atoms with van der Waals surface area (Å²) in [6.45, 7) is 0.924. The second-order valence-corrected chi connectivity index (χ2v) is 5.97. The summed E-state index contributed by atoms with van der Waals surface area (Å²) in [6, 6.07) is 18.2. The Kier molecular flexibility index (Phi) is 5.94. The lowest BCUT2D eigenvalue weighted by atomic mass is 10.2. The van der Waals surface area contributed by atoms with Crippen molar-refractivity contribution in [3.63, 3.8) is 0 Å². The largest absolute Gasteiger partial charge is 0.497 e. The molecule has 2 aromatic carbocycles. The molecule has 0 saturated heterocycles. The Labute approximate surface area is 156 Å². The summed E-state index contributed by atoms with van der Waals surface area (Å²) < 4.78 is 16.0. The van der Waals surface area contributed by atoms with Crippen molar-refractivity contribution < 1.29 is 18.7 Å². The highest BCUT2D eigenvalue weighted by atomic mass is 35.5. The Bertz CT molecular complexity index is 874. The number of carbonyl (C=O) groups is 1. The molecule has 1 N–H and O–H groups in total. The predicted molar refractivity (Wildman–Crippen MR) is 99.6 cm³/mol. The molecule has 3 rings (SSSR count). The predicted octanol–water partition coefficient (Wildman–Crippen LogP) is 4.91. The second kappa shape index (κ2) is 8.56. The van der Waals surface area contributed by atoms with E-state index in [-0.39, 0.29) is 16.9 Å². The van der Waals surface area contributed by atoms with Crippen LogP contribution in [0.25, 0.3) is 0 Å². The zero-order valence-electron chi connectivity index (χ0n) is 14.2. The van der Waals surface area contributed by atoms with Crippen LogP contribution in [0.15, 0.2) is 65.1 Å². The zero-order valence-corrected chi connectivity index (χ0v) is 15.0. The van der Waals surface area contributed by atoms with Gasteiger partial charge in [-0.25, -0.2) is 0 Å². The van der Waals surface area contributed by atoms with Gasteiger partial charge in [0.05, 0.1) is 20.3 Å². The van der Waals surface area contributed by atoms with Crippen molar-refractivity contribution in [3.05, 3.63) is 82.8 Å². The molecule has 3 aromatic rings. The standard InChI is InChI=1S/C20H18ClNO4/c1-24-17-7-5-14(6-8-17)12-25-13-15-3-2-4-16(11-15)22-20(23)18-9-10-19(21)26-18/h2-11H,12-13H2,1H3,(H,22,23). The summed E-state index contributed by atoms with van der Waals surface area (Å²) in [5.74, 6) is 0.624. The maximum Gasteiger partial charge on any atom is 0.291 e. The molecule has 5 nitrogen and oxygen atoms in total. The van der Waals surface area contributed by atoms with Crippen LogP contribution in [-0.2, 0) is 18.0 Å². The second-order valence-electron chi connectivity index (χ2n) is 5.60. The summed E-state index contributed by atoms with van der Waals surface area (Å²) in [4.78, 5) is 12.1. The van der Waals surface area contributed by atoms with E-state index in [9.17, 15) is 4.79 Å². The maximum absolute atomic E-state index is 12.1. The normalized spacial score (nSPS) is 10.5. The first kappa shape index (κ1) is 18.0. The Morgan fingerprint density at radius 1 is 1.04 bits per heavy atom. The number of anilines is 1. The lowest BCUT2D eigenvalue weighted by Crippen LogP contribution is -2.11. The van der Waals surface area contributed by atoms with Crippen LogP contribution in [-0.4, -0.2) is 13.0 Å². The number of methoxy groups -OCH3 is 1. The van der Waals surface area contributed by atoms with E-state index in [0.29, 0.717) is 18.9 Å². The number of carbonyl (C=O) groups excluding carboxylic acids is 1. The van der Waals surface area contributed by atoms with Crippen LogP contribution >= 0.6 is 11.6 Å². The van der Waals surface area contributed by atoms with Crippen LogP contribution in [0.3, 0.4) is 0 Å². The van der Waals surface area contributed by atoms with Crippen LogP contribution in [0, 0.1) is 0 Å². The Morgan fingerprint density at radius 3 is 2.50 bits per heavy atom. The van der Waals surface area contributed by atoms with Crippen LogP contribution in [0.2, 0.25) is 5.22 Å². The lowest BCUT2D eigenvalue weighted by Gasteiger charge is -2.08. The lowest BCUT2D eigenvalue weighted by molar-refractivity contribution is 0.0996. The minimum atomic E-state index is -0.354. The number of ether oxygens (including phenoxy) is 2. The van der Waals surface area contributed by atoms with Gasteiger partial charge >= 0.3 is 0 Å². The minimum absolute atomic E-state index is 0.163. The number of furan rings is 1. The van der Waals surface area contributed by atoms with Gasteiger partial charge in [-0.15, -0.1) is 0 Å². The van der Waals surface area contributed by atoms with Gasteiger partial charge < -0.3 is 19.2 Å². The van der Waals surface area contributed by atoms with Gasteiger partial charge in [0, 0.05) is 5.69 Å². The number of benzene rings is 2. The van der Waals surface area contributed by atoms with Gasteiger partial charge in [-0.05, 0) is 59.1 Å². The molecule has 0 aliphatic rings. The molecule has 0 atom stereocenters. The van der Waals surface area contributed by atoms with E-state index in [1.807, 2.05) is 42.5 Å². The third kappa shape index (κ3) is 4.88. The molecule has 1 heterocycles. The van der Waals surface area contributed by atoms with E-state index in [2.05, 4.69) is 5.32 Å². The van der Waals surface area contributed by atoms with Crippen LogP contribution in [0.4, 0.5) is 5.69 Å². The monoisotopic (exact) mass is 371 g/mol. The third-order valence-corrected chi connectivity index (χ3v) is 3.88. The zero-order chi connectivity index (χ0) is 18.4. The summed E-state index contributed by atoms with van der Waals surface area (Å²) in [7, 11) is 1.64. The molecule has 0 unspecified atom stereocenters. The van der Waals surface area contributed by atoms with E-state index < -0.39 is 0 Å². The molecule has 1 amide bonds. The molecule has 1 aromatic heterocycles. The van der Waals surface area contributed by atoms with E-state index in [0.717, 1.165) is 16.9 Å². The van der Waals surface area contributed by atoms with Crippen LogP contribution < -0.4 is 10.1 Å².